The normalized spacial score (nSPS) is 10.7. The van der Waals surface area contributed by atoms with Crippen molar-refractivity contribution in [2.45, 2.75) is 0 Å². The van der Waals surface area contributed by atoms with Crippen LogP contribution in [0.2, 0.25) is 0 Å². The first-order valence-electron chi connectivity index (χ1n) is 6.55. The van der Waals surface area contributed by atoms with Gasteiger partial charge in [0.05, 0.1) is 30.9 Å². The minimum absolute atomic E-state index is 0.177. The number of hydrogen-bond donors (Lipinski definition) is 1. The van der Waals surface area contributed by atoms with Crippen LogP contribution in [0.1, 0.15) is 10.4 Å². The molecular formula is C15H17NO5. The van der Waals surface area contributed by atoms with Crippen LogP contribution in [0.25, 0.3) is 10.9 Å². The van der Waals surface area contributed by atoms with Gasteiger partial charge in [-0.05, 0) is 6.07 Å². The van der Waals surface area contributed by atoms with Crippen LogP contribution in [0.4, 0.5) is 0 Å². The van der Waals surface area contributed by atoms with Crippen LogP contribution >= 0.6 is 0 Å². The fourth-order valence-corrected chi connectivity index (χ4v) is 1.85. The second-order valence-corrected chi connectivity index (χ2v) is 4.28. The van der Waals surface area contributed by atoms with Crippen LogP contribution in [0.5, 0.6) is 5.88 Å². The largest absolute Gasteiger partial charge is 0.478 e. The number of para-hydroxylation sites is 1. The highest BCUT2D eigenvalue weighted by Crippen LogP contribution is 2.21. The van der Waals surface area contributed by atoms with E-state index in [0.717, 1.165) is 0 Å². The lowest BCUT2D eigenvalue weighted by atomic mass is 10.1. The molecule has 1 heterocycles. The number of carboxylic acid groups (broad SMARTS) is 1. The average molecular weight is 291 g/mol. The van der Waals surface area contributed by atoms with Gasteiger partial charge in [0.15, 0.2) is 0 Å². The molecule has 1 aromatic heterocycles. The van der Waals surface area contributed by atoms with Crippen molar-refractivity contribution in [1.82, 2.24) is 4.98 Å². The first kappa shape index (κ1) is 15.2. The summed E-state index contributed by atoms with van der Waals surface area (Å²) in [7, 11) is 1.60. The van der Waals surface area contributed by atoms with Crippen molar-refractivity contribution in [3.8, 4) is 5.88 Å². The number of benzene rings is 1. The summed E-state index contributed by atoms with van der Waals surface area (Å²) in [5.41, 5.74) is 0.767. The molecule has 0 aliphatic carbocycles. The molecule has 1 aromatic carbocycles. The Labute approximate surface area is 122 Å². The highest BCUT2D eigenvalue weighted by molar-refractivity contribution is 6.02. The van der Waals surface area contributed by atoms with Gasteiger partial charge >= 0.3 is 5.97 Å². The minimum atomic E-state index is -1.00. The highest BCUT2D eigenvalue weighted by Gasteiger charge is 2.12. The van der Waals surface area contributed by atoms with Gasteiger partial charge in [0.25, 0.3) is 0 Å². The molecular weight excluding hydrogens is 274 g/mol. The van der Waals surface area contributed by atoms with Gasteiger partial charge in [0, 0.05) is 18.6 Å². The van der Waals surface area contributed by atoms with Crippen LogP contribution in [0.3, 0.4) is 0 Å². The smallest absolute Gasteiger partial charge is 0.336 e. The fourth-order valence-electron chi connectivity index (χ4n) is 1.85. The van der Waals surface area contributed by atoms with Gasteiger partial charge in [-0.1, -0.05) is 18.2 Å². The van der Waals surface area contributed by atoms with E-state index in [1.807, 2.05) is 0 Å². The molecule has 0 unspecified atom stereocenters. The number of hydrogen-bond acceptors (Lipinski definition) is 5. The molecule has 1 N–H and O–H groups in total. The van der Waals surface area contributed by atoms with Crippen molar-refractivity contribution in [1.29, 1.82) is 0 Å². The third-order valence-corrected chi connectivity index (χ3v) is 2.83. The lowest BCUT2D eigenvalue weighted by Crippen LogP contribution is -2.11. The van der Waals surface area contributed by atoms with E-state index in [2.05, 4.69) is 4.98 Å². The van der Waals surface area contributed by atoms with Gasteiger partial charge in [-0.15, -0.1) is 0 Å². The predicted octanol–water partition coefficient (Wildman–Crippen LogP) is 1.97. The van der Waals surface area contributed by atoms with Gasteiger partial charge < -0.3 is 19.3 Å². The Hall–Kier alpha value is -2.18. The van der Waals surface area contributed by atoms with E-state index in [1.165, 1.54) is 6.07 Å². The van der Waals surface area contributed by atoms with Crippen LogP contribution in [0, 0.1) is 0 Å². The number of aromatic carboxylic acids is 1. The number of fused-ring (bicyclic) bond motifs is 1. The molecule has 0 fully saturated rings. The lowest BCUT2D eigenvalue weighted by Gasteiger charge is -2.09. The van der Waals surface area contributed by atoms with Crippen LogP contribution in [-0.2, 0) is 9.47 Å². The second kappa shape index (κ2) is 7.56. The number of methoxy groups -OCH3 is 1. The molecule has 2 rings (SSSR count). The Kier molecular flexibility index (Phi) is 5.48. The van der Waals surface area contributed by atoms with Gasteiger partial charge in [0.2, 0.25) is 5.88 Å². The predicted molar refractivity (Wildman–Crippen MR) is 76.9 cm³/mol. The minimum Gasteiger partial charge on any atom is -0.478 e. The number of carboxylic acids is 1. The summed E-state index contributed by atoms with van der Waals surface area (Å²) in [6, 6.07) is 8.49. The molecule has 2 aromatic rings. The lowest BCUT2D eigenvalue weighted by molar-refractivity contribution is 0.0536. The molecule has 6 nitrogen and oxygen atoms in total. The van der Waals surface area contributed by atoms with Crippen LogP contribution < -0.4 is 4.74 Å². The van der Waals surface area contributed by atoms with Gasteiger partial charge in [-0.2, -0.15) is 0 Å². The van der Waals surface area contributed by atoms with Gasteiger partial charge in [-0.25, -0.2) is 9.78 Å². The van der Waals surface area contributed by atoms with Crippen molar-refractivity contribution in [2.75, 3.05) is 33.5 Å². The molecule has 6 heteroatoms. The summed E-state index contributed by atoms with van der Waals surface area (Å²) < 4.78 is 15.6. The zero-order valence-electron chi connectivity index (χ0n) is 11.7. The summed E-state index contributed by atoms with van der Waals surface area (Å²) >= 11 is 0. The monoisotopic (exact) mass is 291 g/mol. The molecule has 0 amide bonds. The maximum atomic E-state index is 11.3. The maximum Gasteiger partial charge on any atom is 0.336 e. The Morgan fingerprint density at radius 1 is 1.19 bits per heavy atom. The zero-order chi connectivity index (χ0) is 15.1. The quantitative estimate of drug-likeness (QED) is 0.749. The Bertz CT molecular complexity index is 614. The van der Waals surface area contributed by atoms with Gasteiger partial charge in [-0.3, -0.25) is 0 Å². The van der Waals surface area contributed by atoms with E-state index in [1.54, 1.807) is 31.4 Å². The Morgan fingerprint density at radius 3 is 2.71 bits per heavy atom. The fraction of sp³-hybridized carbons (Fsp3) is 0.333. The number of nitrogens with zero attached hydrogens (tertiary/aromatic N) is 1. The molecule has 0 bridgehead atoms. The van der Waals surface area contributed by atoms with Crippen LogP contribution in [0.15, 0.2) is 30.3 Å². The molecule has 0 aliphatic heterocycles. The molecule has 0 saturated heterocycles. The Morgan fingerprint density at radius 2 is 1.95 bits per heavy atom. The molecule has 0 radical (unpaired) electrons. The molecule has 0 spiro atoms. The third kappa shape index (κ3) is 4.14. The number of aromatic nitrogens is 1. The van der Waals surface area contributed by atoms with Crippen molar-refractivity contribution in [3.63, 3.8) is 0 Å². The summed E-state index contributed by atoms with van der Waals surface area (Å²) in [5.74, 6) is -0.726. The summed E-state index contributed by atoms with van der Waals surface area (Å²) in [6.07, 6.45) is 0. The first-order chi connectivity index (χ1) is 10.2. The number of rotatable bonds is 8. The molecule has 0 atom stereocenters. The summed E-state index contributed by atoms with van der Waals surface area (Å²) in [6.45, 7) is 1.71. The number of carbonyl (C=O) groups is 1. The topological polar surface area (TPSA) is 77.9 Å². The van der Waals surface area contributed by atoms with Crippen molar-refractivity contribution < 1.29 is 24.1 Å². The number of pyridine rings is 1. The van der Waals surface area contributed by atoms with E-state index < -0.39 is 5.97 Å². The molecule has 0 aliphatic rings. The third-order valence-electron chi connectivity index (χ3n) is 2.83. The highest BCUT2D eigenvalue weighted by atomic mass is 16.5. The molecule has 0 saturated carbocycles. The van der Waals surface area contributed by atoms with E-state index >= 15 is 0 Å². The average Bonchev–Trinajstić information content (AvgIpc) is 2.49. The summed E-state index contributed by atoms with van der Waals surface area (Å²) in [5, 5.41) is 9.85. The second-order valence-electron chi connectivity index (χ2n) is 4.28. The SMILES string of the molecule is COCCOCCOc1cc(C(=O)O)c2ccccc2n1. The van der Waals surface area contributed by atoms with Crippen molar-refractivity contribution in [2.24, 2.45) is 0 Å². The van der Waals surface area contributed by atoms with E-state index in [9.17, 15) is 9.90 Å². The standard InChI is InChI=1S/C15H17NO5/c1-19-6-7-20-8-9-21-14-10-12(15(17)18)11-4-2-3-5-13(11)16-14/h2-5,10H,6-9H2,1H3,(H,17,18). The van der Waals surface area contributed by atoms with Gasteiger partial charge in [0.1, 0.15) is 6.61 Å². The maximum absolute atomic E-state index is 11.3. The van der Waals surface area contributed by atoms with Crippen molar-refractivity contribution in [3.05, 3.63) is 35.9 Å². The van der Waals surface area contributed by atoms with E-state index in [0.29, 0.717) is 37.3 Å². The number of ether oxygens (including phenoxy) is 3. The summed E-state index contributed by atoms with van der Waals surface area (Å²) in [4.78, 5) is 15.6. The zero-order valence-corrected chi connectivity index (χ0v) is 11.7. The van der Waals surface area contributed by atoms with Crippen molar-refractivity contribution >= 4 is 16.9 Å². The first-order valence-corrected chi connectivity index (χ1v) is 6.55. The molecule has 21 heavy (non-hydrogen) atoms. The van der Waals surface area contributed by atoms with E-state index in [4.69, 9.17) is 14.2 Å². The van der Waals surface area contributed by atoms with Crippen LogP contribution in [-0.4, -0.2) is 49.6 Å². The molecule has 112 valence electrons. The van der Waals surface area contributed by atoms with E-state index in [-0.39, 0.29) is 11.4 Å². The Balaban J connectivity index is 2.05.